The Morgan fingerprint density at radius 2 is 2.24 bits per heavy atom. The number of aromatic nitrogens is 1. The van der Waals surface area contributed by atoms with E-state index in [4.69, 9.17) is 4.74 Å². The van der Waals surface area contributed by atoms with Crippen LogP contribution in [0.4, 0.5) is 5.69 Å². The summed E-state index contributed by atoms with van der Waals surface area (Å²) >= 11 is 0. The molecule has 25 heavy (non-hydrogen) atoms. The fourth-order valence-electron chi connectivity index (χ4n) is 3.20. The molecule has 1 unspecified atom stereocenters. The van der Waals surface area contributed by atoms with Gasteiger partial charge in [-0.25, -0.2) is 0 Å². The highest BCUT2D eigenvalue weighted by Crippen LogP contribution is 2.30. The molecule has 0 saturated carbocycles. The van der Waals surface area contributed by atoms with Crippen LogP contribution in [0.25, 0.3) is 0 Å². The van der Waals surface area contributed by atoms with Crippen molar-refractivity contribution in [2.75, 3.05) is 31.6 Å². The average Bonchev–Trinajstić information content (AvgIpc) is 2.67. The summed E-state index contributed by atoms with van der Waals surface area (Å²) in [6.45, 7) is 2.04. The Bertz CT molecular complexity index is 809. The highest BCUT2D eigenvalue weighted by Gasteiger charge is 2.29. The predicted molar refractivity (Wildman–Crippen MR) is 91.5 cm³/mol. The number of anilines is 1. The summed E-state index contributed by atoms with van der Waals surface area (Å²) in [5, 5.41) is 6.07. The number of nitrogens with one attached hydrogen (secondary N) is 2. The summed E-state index contributed by atoms with van der Waals surface area (Å²) in [4.78, 5) is 30.6. The number of benzene rings is 1. The van der Waals surface area contributed by atoms with Crippen molar-refractivity contribution in [1.29, 1.82) is 0 Å². The molecule has 0 radical (unpaired) electrons. The number of rotatable bonds is 2. The number of amides is 2. The molecule has 2 aliphatic heterocycles. The zero-order valence-electron chi connectivity index (χ0n) is 13.6. The van der Waals surface area contributed by atoms with E-state index in [1.54, 1.807) is 30.6 Å². The summed E-state index contributed by atoms with van der Waals surface area (Å²) < 4.78 is 5.35. The summed E-state index contributed by atoms with van der Waals surface area (Å²) in [7, 11) is 0. The zero-order chi connectivity index (χ0) is 17.2. The Hall–Kier alpha value is -2.93. The van der Waals surface area contributed by atoms with Crippen LogP contribution in [-0.2, 0) is 4.79 Å². The Kier molecular flexibility index (Phi) is 4.07. The molecular formula is C18H18N4O3. The number of carbonyl (C=O) groups excluding carboxylic acids is 2. The van der Waals surface area contributed by atoms with Crippen molar-refractivity contribution in [2.45, 2.75) is 6.04 Å². The van der Waals surface area contributed by atoms with E-state index in [1.165, 1.54) is 0 Å². The molecule has 1 fully saturated rings. The molecule has 1 atom stereocenters. The first-order valence-corrected chi connectivity index (χ1v) is 8.21. The largest absolute Gasteiger partial charge is 0.482 e. The highest BCUT2D eigenvalue weighted by atomic mass is 16.5. The maximum atomic E-state index is 13.1. The summed E-state index contributed by atoms with van der Waals surface area (Å²) in [6.07, 6.45) is 3.51. The molecule has 0 spiro atoms. The number of nitrogens with zero attached hydrogens (tertiary/aromatic N) is 2. The molecule has 0 bridgehead atoms. The van der Waals surface area contributed by atoms with Crippen molar-refractivity contribution < 1.29 is 14.3 Å². The van der Waals surface area contributed by atoms with E-state index in [-0.39, 0.29) is 24.5 Å². The van der Waals surface area contributed by atoms with Crippen LogP contribution in [0.3, 0.4) is 0 Å². The molecule has 1 aromatic carbocycles. The van der Waals surface area contributed by atoms with E-state index in [1.807, 2.05) is 17.0 Å². The van der Waals surface area contributed by atoms with Crippen LogP contribution in [0.1, 0.15) is 22.0 Å². The molecule has 1 aromatic heterocycles. The number of ether oxygens (including phenoxy) is 1. The van der Waals surface area contributed by atoms with Gasteiger partial charge in [0.15, 0.2) is 6.61 Å². The Balaban J connectivity index is 1.63. The fraction of sp³-hybridized carbons (Fsp3) is 0.278. The number of carbonyl (C=O) groups is 2. The molecular weight excluding hydrogens is 320 g/mol. The Morgan fingerprint density at radius 3 is 3.08 bits per heavy atom. The first-order valence-electron chi connectivity index (χ1n) is 8.21. The van der Waals surface area contributed by atoms with Crippen molar-refractivity contribution in [3.8, 4) is 5.75 Å². The lowest BCUT2D eigenvalue weighted by atomic mass is 10.0. The maximum Gasteiger partial charge on any atom is 0.262 e. The number of fused-ring (bicyclic) bond motifs is 1. The zero-order valence-corrected chi connectivity index (χ0v) is 13.6. The second kappa shape index (κ2) is 6.52. The van der Waals surface area contributed by atoms with Crippen LogP contribution in [-0.4, -0.2) is 47.9 Å². The third-order valence-corrected chi connectivity index (χ3v) is 4.43. The lowest BCUT2D eigenvalue weighted by Crippen LogP contribution is -2.48. The third kappa shape index (κ3) is 3.06. The van der Waals surface area contributed by atoms with Gasteiger partial charge in [-0.1, -0.05) is 6.07 Å². The molecule has 7 heteroatoms. The van der Waals surface area contributed by atoms with Crippen molar-refractivity contribution in [3.63, 3.8) is 0 Å². The highest BCUT2D eigenvalue weighted by molar-refractivity contribution is 6.00. The van der Waals surface area contributed by atoms with Gasteiger partial charge in [0.05, 0.1) is 11.7 Å². The van der Waals surface area contributed by atoms with E-state index in [2.05, 4.69) is 15.6 Å². The minimum Gasteiger partial charge on any atom is -0.482 e. The van der Waals surface area contributed by atoms with Crippen molar-refractivity contribution in [3.05, 3.63) is 53.9 Å². The minimum atomic E-state index is -0.215. The van der Waals surface area contributed by atoms with Crippen LogP contribution in [0, 0.1) is 0 Å². The van der Waals surface area contributed by atoms with Gasteiger partial charge in [-0.15, -0.1) is 0 Å². The van der Waals surface area contributed by atoms with E-state index >= 15 is 0 Å². The van der Waals surface area contributed by atoms with Gasteiger partial charge in [-0.3, -0.25) is 14.6 Å². The average molecular weight is 338 g/mol. The predicted octanol–water partition coefficient (Wildman–Crippen LogP) is 1.20. The molecule has 7 nitrogen and oxygen atoms in total. The lowest BCUT2D eigenvalue weighted by Gasteiger charge is -2.36. The molecule has 2 aromatic rings. The van der Waals surface area contributed by atoms with Gasteiger partial charge < -0.3 is 20.3 Å². The topological polar surface area (TPSA) is 83.6 Å². The molecule has 1 saturated heterocycles. The Morgan fingerprint density at radius 1 is 1.32 bits per heavy atom. The molecule has 3 heterocycles. The normalized spacial score (nSPS) is 19.6. The van der Waals surface area contributed by atoms with Crippen molar-refractivity contribution in [1.82, 2.24) is 15.2 Å². The van der Waals surface area contributed by atoms with E-state index in [0.717, 1.165) is 12.1 Å². The summed E-state index contributed by atoms with van der Waals surface area (Å²) in [5.74, 6) is 0.297. The van der Waals surface area contributed by atoms with Crippen LogP contribution >= 0.6 is 0 Å². The van der Waals surface area contributed by atoms with Gasteiger partial charge in [-0.2, -0.15) is 0 Å². The van der Waals surface area contributed by atoms with Gasteiger partial charge >= 0.3 is 0 Å². The maximum absolute atomic E-state index is 13.1. The monoisotopic (exact) mass is 338 g/mol. The third-order valence-electron chi connectivity index (χ3n) is 4.43. The number of pyridine rings is 1. The number of piperazine rings is 1. The Labute approximate surface area is 145 Å². The second-order valence-electron chi connectivity index (χ2n) is 6.05. The first-order chi connectivity index (χ1) is 12.2. The standard InChI is InChI=1S/C18H18N4O3/c23-17-11-25-16-4-3-12(8-14(16)21-17)18(24)22-7-6-20-10-15(22)13-2-1-5-19-9-13/h1-5,8-9,15,20H,6-7,10-11H2,(H,21,23). The van der Waals surface area contributed by atoms with Crippen molar-refractivity contribution in [2.24, 2.45) is 0 Å². The van der Waals surface area contributed by atoms with Crippen molar-refractivity contribution >= 4 is 17.5 Å². The van der Waals surface area contributed by atoms with Crippen LogP contribution in [0.5, 0.6) is 5.75 Å². The van der Waals surface area contributed by atoms with E-state index < -0.39 is 0 Å². The van der Waals surface area contributed by atoms with Crippen LogP contribution in [0.2, 0.25) is 0 Å². The molecule has 2 aliphatic rings. The molecule has 2 N–H and O–H groups in total. The minimum absolute atomic E-state index is 0.00116. The van der Waals surface area contributed by atoms with Gasteiger partial charge in [0, 0.05) is 37.6 Å². The first kappa shape index (κ1) is 15.6. The molecule has 2 amide bonds. The number of hydrogen-bond acceptors (Lipinski definition) is 5. The molecule has 0 aliphatic carbocycles. The van der Waals surface area contributed by atoms with Crippen LogP contribution < -0.4 is 15.4 Å². The van der Waals surface area contributed by atoms with Gasteiger partial charge in [0.2, 0.25) is 0 Å². The SMILES string of the molecule is O=C1COc2ccc(C(=O)N3CCNCC3c3cccnc3)cc2N1. The lowest BCUT2D eigenvalue weighted by molar-refractivity contribution is -0.118. The number of hydrogen-bond donors (Lipinski definition) is 2. The summed E-state index contributed by atoms with van der Waals surface area (Å²) in [5.41, 5.74) is 2.06. The van der Waals surface area contributed by atoms with Gasteiger partial charge in [0.1, 0.15) is 5.75 Å². The van der Waals surface area contributed by atoms with E-state index in [9.17, 15) is 9.59 Å². The smallest absolute Gasteiger partial charge is 0.262 e. The van der Waals surface area contributed by atoms with Gasteiger partial charge in [0.25, 0.3) is 11.8 Å². The molecule has 4 rings (SSSR count). The summed E-state index contributed by atoms with van der Waals surface area (Å²) in [6, 6.07) is 8.92. The molecule has 128 valence electrons. The quantitative estimate of drug-likeness (QED) is 0.860. The van der Waals surface area contributed by atoms with Gasteiger partial charge in [-0.05, 0) is 29.8 Å². The fourth-order valence-corrected chi connectivity index (χ4v) is 3.20. The second-order valence-corrected chi connectivity index (χ2v) is 6.05. The van der Waals surface area contributed by atoms with E-state index in [0.29, 0.717) is 30.1 Å². The van der Waals surface area contributed by atoms with Crippen LogP contribution in [0.15, 0.2) is 42.7 Å².